The Balaban J connectivity index is 1.68. The van der Waals surface area contributed by atoms with Crippen LogP contribution in [-0.2, 0) is 13.1 Å². The zero-order chi connectivity index (χ0) is 22.1. The number of carbonyl (C=O) groups is 1. The van der Waals surface area contributed by atoms with E-state index in [0.717, 1.165) is 45.8 Å². The molecule has 0 aliphatic carbocycles. The molecule has 7 heteroatoms. The smallest absolute Gasteiger partial charge is 0.252 e. The summed E-state index contributed by atoms with van der Waals surface area (Å²) in [5.74, 6) is -0.131. The van der Waals surface area contributed by atoms with Crippen molar-refractivity contribution in [2.75, 3.05) is 0 Å². The number of fused-ring (bicyclic) bond motifs is 1. The first-order valence-electron chi connectivity index (χ1n) is 10.6. The molecule has 0 radical (unpaired) electrons. The minimum absolute atomic E-state index is 0.131. The van der Waals surface area contributed by atoms with E-state index in [1.165, 1.54) is 0 Å². The van der Waals surface area contributed by atoms with Crippen molar-refractivity contribution >= 4 is 16.9 Å². The van der Waals surface area contributed by atoms with Gasteiger partial charge in [-0.3, -0.25) is 9.48 Å². The minimum Gasteiger partial charge on any atom is -0.345 e. The first-order chi connectivity index (χ1) is 14.9. The number of amides is 1. The number of benzene rings is 1. The second-order valence-electron chi connectivity index (χ2n) is 7.96. The Hall–Kier alpha value is -3.48. The SMILES string of the molecule is CCn1cc([C@@H](C)NC(=O)c2cc(C)nc3c2c(C)nn3Cc2ccccc2)c(C)n1. The molecular weight excluding hydrogens is 388 g/mol. The van der Waals surface area contributed by atoms with Gasteiger partial charge in [-0.15, -0.1) is 0 Å². The monoisotopic (exact) mass is 416 g/mol. The Morgan fingerprint density at radius 3 is 2.52 bits per heavy atom. The molecule has 0 spiro atoms. The Kier molecular flexibility index (Phi) is 5.59. The number of rotatable bonds is 6. The maximum Gasteiger partial charge on any atom is 0.252 e. The third-order valence-corrected chi connectivity index (χ3v) is 5.55. The molecule has 0 aliphatic heterocycles. The van der Waals surface area contributed by atoms with Gasteiger partial charge in [-0.2, -0.15) is 10.2 Å². The van der Waals surface area contributed by atoms with E-state index in [2.05, 4.69) is 22.5 Å². The van der Waals surface area contributed by atoms with Gasteiger partial charge in [0, 0.05) is 24.0 Å². The molecule has 0 fully saturated rings. The maximum atomic E-state index is 13.3. The standard InChI is InChI=1S/C24H28N6O/c1-6-29-14-21(17(4)27-29)16(3)26-24(31)20-12-15(2)25-23-22(20)18(5)28-30(23)13-19-10-8-7-9-11-19/h7-12,14,16H,6,13H2,1-5H3,(H,26,31)/t16-/m1/s1. The molecule has 0 saturated carbocycles. The minimum atomic E-state index is -0.156. The fourth-order valence-corrected chi connectivity index (χ4v) is 4.00. The summed E-state index contributed by atoms with van der Waals surface area (Å²) >= 11 is 0. The summed E-state index contributed by atoms with van der Waals surface area (Å²) in [4.78, 5) is 18.0. The van der Waals surface area contributed by atoms with E-state index in [1.54, 1.807) is 0 Å². The molecule has 4 rings (SSSR count). The highest BCUT2D eigenvalue weighted by molar-refractivity contribution is 6.06. The molecule has 1 N–H and O–H groups in total. The van der Waals surface area contributed by atoms with Crippen LogP contribution in [0.15, 0.2) is 42.6 Å². The van der Waals surface area contributed by atoms with Gasteiger partial charge in [-0.25, -0.2) is 9.67 Å². The van der Waals surface area contributed by atoms with E-state index in [9.17, 15) is 4.79 Å². The first kappa shape index (κ1) is 20.8. The first-order valence-corrected chi connectivity index (χ1v) is 10.6. The van der Waals surface area contributed by atoms with Gasteiger partial charge in [-0.05, 0) is 46.2 Å². The van der Waals surface area contributed by atoms with Crippen LogP contribution < -0.4 is 5.32 Å². The van der Waals surface area contributed by atoms with Gasteiger partial charge in [0.25, 0.3) is 5.91 Å². The Morgan fingerprint density at radius 1 is 1.10 bits per heavy atom. The number of hydrogen-bond donors (Lipinski definition) is 1. The zero-order valence-electron chi connectivity index (χ0n) is 18.7. The zero-order valence-corrected chi connectivity index (χ0v) is 18.7. The molecule has 31 heavy (non-hydrogen) atoms. The molecule has 4 aromatic rings. The van der Waals surface area contributed by atoms with Gasteiger partial charge >= 0.3 is 0 Å². The Bertz CT molecular complexity index is 1240. The second-order valence-corrected chi connectivity index (χ2v) is 7.96. The quantitative estimate of drug-likeness (QED) is 0.513. The van der Waals surface area contributed by atoms with Gasteiger partial charge in [0.15, 0.2) is 5.65 Å². The summed E-state index contributed by atoms with van der Waals surface area (Å²) in [5.41, 5.74) is 6.01. The number of pyridine rings is 1. The third-order valence-electron chi connectivity index (χ3n) is 5.55. The molecule has 0 unspecified atom stereocenters. The van der Waals surface area contributed by atoms with Crippen molar-refractivity contribution in [3.63, 3.8) is 0 Å². The Morgan fingerprint density at radius 2 is 1.84 bits per heavy atom. The fraction of sp³-hybridized carbons (Fsp3) is 0.333. The van der Waals surface area contributed by atoms with Crippen LogP contribution in [0, 0.1) is 20.8 Å². The molecule has 160 valence electrons. The molecule has 1 aromatic carbocycles. The van der Waals surface area contributed by atoms with Crippen molar-refractivity contribution in [2.24, 2.45) is 0 Å². The van der Waals surface area contributed by atoms with Gasteiger partial charge in [0.2, 0.25) is 0 Å². The highest BCUT2D eigenvalue weighted by Gasteiger charge is 2.21. The summed E-state index contributed by atoms with van der Waals surface area (Å²) in [7, 11) is 0. The maximum absolute atomic E-state index is 13.3. The molecule has 0 bridgehead atoms. The molecule has 3 heterocycles. The molecular formula is C24H28N6O. The summed E-state index contributed by atoms with van der Waals surface area (Å²) in [6.45, 7) is 11.2. The van der Waals surface area contributed by atoms with Gasteiger partial charge in [0.05, 0.1) is 34.9 Å². The number of carbonyl (C=O) groups excluding carboxylic acids is 1. The average Bonchev–Trinajstić information content (AvgIpc) is 3.27. The van der Waals surface area contributed by atoms with Crippen LogP contribution in [0.3, 0.4) is 0 Å². The highest BCUT2D eigenvalue weighted by atomic mass is 16.1. The summed E-state index contributed by atoms with van der Waals surface area (Å²) in [6.07, 6.45) is 2.00. The van der Waals surface area contributed by atoms with E-state index >= 15 is 0 Å². The number of aromatic nitrogens is 5. The third kappa shape index (κ3) is 4.08. The topological polar surface area (TPSA) is 77.6 Å². The van der Waals surface area contributed by atoms with Crippen LogP contribution in [0.25, 0.3) is 11.0 Å². The largest absolute Gasteiger partial charge is 0.345 e. The van der Waals surface area contributed by atoms with E-state index in [-0.39, 0.29) is 11.9 Å². The second kappa shape index (κ2) is 8.34. The number of aryl methyl sites for hydroxylation is 4. The van der Waals surface area contributed by atoms with Gasteiger partial charge in [0.1, 0.15) is 0 Å². The van der Waals surface area contributed by atoms with Crippen molar-refractivity contribution in [3.8, 4) is 0 Å². The molecule has 7 nitrogen and oxygen atoms in total. The molecule has 3 aromatic heterocycles. The molecule has 1 amide bonds. The van der Waals surface area contributed by atoms with Crippen LogP contribution in [0.5, 0.6) is 0 Å². The lowest BCUT2D eigenvalue weighted by atomic mass is 10.1. The number of nitrogens with zero attached hydrogens (tertiary/aromatic N) is 5. The normalized spacial score (nSPS) is 12.3. The van der Waals surface area contributed by atoms with E-state index < -0.39 is 0 Å². The van der Waals surface area contributed by atoms with Gasteiger partial charge in [-0.1, -0.05) is 30.3 Å². The summed E-state index contributed by atoms with van der Waals surface area (Å²) in [5, 5.41) is 13.1. The fourth-order valence-electron chi connectivity index (χ4n) is 4.00. The number of hydrogen-bond acceptors (Lipinski definition) is 4. The predicted molar refractivity (Wildman–Crippen MR) is 121 cm³/mol. The lowest BCUT2D eigenvalue weighted by Crippen LogP contribution is -2.27. The van der Waals surface area contributed by atoms with Crippen molar-refractivity contribution in [1.82, 2.24) is 29.9 Å². The average molecular weight is 417 g/mol. The van der Waals surface area contributed by atoms with E-state index in [1.807, 2.05) is 74.4 Å². The molecule has 0 saturated heterocycles. The lowest BCUT2D eigenvalue weighted by molar-refractivity contribution is 0.0941. The van der Waals surface area contributed by atoms with E-state index in [0.29, 0.717) is 12.1 Å². The summed E-state index contributed by atoms with van der Waals surface area (Å²) < 4.78 is 3.77. The van der Waals surface area contributed by atoms with Crippen LogP contribution in [0.2, 0.25) is 0 Å². The number of nitrogens with one attached hydrogen (secondary N) is 1. The van der Waals surface area contributed by atoms with Crippen LogP contribution >= 0.6 is 0 Å². The molecule has 0 aliphatic rings. The van der Waals surface area contributed by atoms with Crippen LogP contribution in [0.1, 0.15) is 58.5 Å². The highest BCUT2D eigenvalue weighted by Crippen LogP contribution is 2.24. The predicted octanol–water partition coefficient (Wildman–Crippen LogP) is 4.11. The van der Waals surface area contributed by atoms with Crippen molar-refractivity contribution < 1.29 is 4.79 Å². The van der Waals surface area contributed by atoms with Gasteiger partial charge < -0.3 is 5.32 Å². The van der Waals surface area contributed by atoms with Crippen molar-refractivity contribution in [1.29, 1.82) is 0 Å². The summed E-state index contributed by atoms with van der Waals surface area (Å²) in [6, 6.07) is 11.8. The van der Waals surface area contributed by atoms with Crippen LogP contribution in [0.4, 0.5) is 0 Å². The lowest BCUT2D eigenvalue weighted by Gasteiger charge is -2.14. The van der Waals surface area contributed by atoms with Crippen molar-refractivity contribution in [2.45, 2.75) is 53.8 Å². The van der Waals surface area contributed by atoms with E-state index in [4.69, 9.17) is 10.1 Å². The molecule has 1 atom stereocenters. The van der Waals surface area contributed by atoms with Crippen molar-refractivity contribution in [3.05, 3.63) is 76.4 Å². The Labute approximate surface area is 182 Å². The van der Waals surface area contributed by atoms with Crippen LogP contribution in [-0.4, -0.2) is 30.5 Å².